The van der Waals surface area contributed by atoms with Crippen LogP contribution in [-0.2, 0) is 28.5 Å². The first-order chi connectivity index (χ1) is 14.4. The van der Waals surface area contributed by atoms with Crippen molar-refractivity contribution < 1.29 is 28.5 Å². The molecule has 30 heavy (non-hydrogen) atoms. The summed E-state index contributed by atoms with van der Waals surface area (Å²) in [6, 6.07) is 0.584. The normalized spacial score (nSPS) is 41.1. The standard InChI is InChI=1S/C23H29NO6/c1-11-10-17(29-22(11)25)14-7-8-15-18-12(2)20(28-16(18)6-5-9-24(14)15)21-19(27-4)13(3)23(26)30-21/h6,11-12,14-15,17-18H,5,7-10H2,1-4H3. The maximum atomic E-state index is 12.1. The number of methoxy groups -OCH3 is 1. The lowest BCUT2D eigenvalue weighted by Gasteiger charge is -2.34. The van der Waals surface area contributed by atoms with Gasteiger partial charge in [-0.2, -0.15) is 0 Å². The number of hydrogen-bond acceptors (Lipinski definition) is 7. The number of fused-ring (bicyclic) bond motifs is 3. The molecule has 7 nitrogen and oxygen atoms in total. The van der Waals surface area contributed by atoms with E-state index in [9.17, 15) is 9.59 Å². The van der Waals surface area contributed by atoms with Crippen LogP contribution in [0.4, 0.5) is 0 Å². The van der Waals surface area contributed by atoms with Crippen LogP contribution in [-0.4, -0.2) is 48.7 Å². The lowest BCUT2D eigenvalue weighted by molar-refractivity contribution is -0.146. The molecule has 0 aliphatic carbocycles. The van der Waals surface area contributed by atoms with E-state index >= 15 is 0 Å². The van der Waals surface area contributed by atoms with Gasteiger partial charge in [-0.3, -0.25) is 9.69 Å². The first kappa shape index (κ1) is 19.7. The third kappa shape index (κ3) is 2.82. The average molecular weight is 415 g/mol. The van der Waals surface area contributed by atoms with Crippen molar-refractivity contribution in [3.63, 3.8) is 0 Å². The molecular formula is C23H29NO6. The Morgan fingerprint density at radius 2 is 1.90 bits per heavy atom. The fourth-order valence-electron chi connectivity index (χ4n) is 5.92. The van der Waals surface area contributed by atoms with Crippen LogP contribution in [0.1, 0.15) is 46.5 Å². The second-order valence-electron chi connectivity index (χ2n) is 9.11. The van der Waals surface area contributed by atoms with Crippen LogP contribution in [0.5, 0.6) is 0 Å². The zero-order chi connectivity index (χ0) is 21.2. The molecule has 3 saturated heterocycles. The molecule has 0 aromatic rings. The second-order valence-corrected chi connectivity index (χ2v) is 9.11. The summed E-state index contributed by atoms with van der Waals surface area (Å²) >= 11 is 0. The van der Waals surface area contributed by atoms with Gasteiger partial charge in [-0.15, -0.1) is 0 Å². The van der Waals surface area contributed by atoms with E-state index in [2.05, 4.69) is 17.9 Å². The average Bonchev–Trinajstić information content (AvgIpc) is 3.40. The molecule has 5 heterocycles. The van der Waals surface area contributed by atoms with Gasteiger partial charge in [0.2, 0.25) is 5.76 Å². The van der Waals surface area contributed by atoms with Crippen LogP contribution in [0, 0.1) is 17.8 Å². The third-order valence-corrected chi connectivity index (χ3v) is 7.43. The summed E-state index contributed by atoms with van der Waals surface area (Å²) < 4.78 is 23.0. The maximum absolute atomic E-state index is 12.1. The molecule has 0 radical (unpaired) electrons. The molecule has 0 spiro atoms. The van der Waals surface area contributed by atoms with Crippen molar-refractivity contribution in [2.24, 2.45) is 17.8 Å². The lowest BCUT2D eigenvalue weighted by Crippen LogP contribution is -2.45. The highest BCUT2D eigenvalue weighted by Gasteiger charge is 2.52. The van der Waals surface area contributed by atoms with Gasteiger partial charge in [0.15, 0.2) is 11.5 Å². The van der Waals surface area contributed by atoms with Crippen LogP contribution < -0.4 is 0 Å². The molecule has 0 N–H and O–H groups in total. The Morgan fingerprint density at radius 3 is 2.60 bits per heavy atom. The Balaban J connectivity index is 1.44. The smallest absolute Gasteiger partial charge is 0.343 e. The minimum Gasteiger partial charge on any atom is -0.492 e. The molecule has 5 rings (SSSR count). The summed E-state index contributed by atoms with van der Waals surface area (Å²) in [5.41, 5.74) is 0.469. The van der Waals surface area contributed by atoms with Crippen molar-refractivity contribution in [1.82, 2.24) is 4.90 Å². The largest absolute Gasteiger partial charge is 0.492 e. The number of hydrogen-bond donors (Lipinski definition) is 0. The van der Waals surface area contributed by atoms with Gasteiger partial charge < -0.3 is 18.9 Å². The summed E-state index contributed by atoms with van der Waals surface area (Å²) in [5, 5.41) is 0. The Morgan fingerprint density at radius 1 is 1.13 bits per heavy atom. The fraction of sp³-hybridized carbons (Fsp3) is 0.652. The fourth-order valence-corrected chi connectivity index (χ4v) is 5.92. The van der Waals surface area contributed by atoms with Crippen LogP contribution in [0.25, 0.3) is 0 Å². The first-order valence-electron chi connectivity index (χ1n) is 11.0. The van der Waals surface area contributed by atoms with Crippen molar-refractivity contribution in [1.29, 1.82) is 0 Å². The van der Waals surface area contributed by atoms with E-state index in [0.717, 1.165) is 38.0 Å². The zero-order valence-electron chi connectivity index (χ0n) is 18.0. The molecular weight excluding hydrogens is 386 g/mol. The topological polar surface area (TPSA) is 74.3 Å². The highest BCUT2D eigenvalue weighted by atomic mass is 16.6. The maximum Gasteiger partial charge on any atom is 0.343 e. The van der Waals surface area contributed by atoms with Gasteiger partial charge in [0, 0.05) is 30.5 Å². The quantitative estimate of drug-likeness (QED) is 0.642. The number of carbonyl (C=O) groups is 2. The Kier molecular flexibility index (Phi) is 4.69. The molecule has 162 valence electrons. The van der Waals surface area contributed by atoms with Crippen LogP contribution >= 0.6 is 0 Å². The number of nitrogens with zero attached hydrogens (tertiary/aromatic N) is 1. The van der Waals surface area contributed by atoms with E-state index in [-0.39, 0.29) is 41.8 Å². The van der Waals surface area contributed by atoms with E-state index < -0.39 is 0 Å². The molecule has 0 bridgehead atoms. The Bertz CT molecular complexity index is 886. The number of cyclic esters (lactones) is 2. The first-order valence-corrected chi connectivity index (χ1v) is 11.0. The number of carbonyl (C=O) groups excluding carboxylic acids is 2. The molecule has 0 aromatic heterocycles. The highest BCUT2D eigenvalue weighted by Crippen LogP contribution is 2.50. The molecule has 0 aromatic carbocycles. The minimum absolute atomic E-state index is 0.0145. The van der Waals surface area contributed by atoms with E-state index in [4.69, 9.17) is 18.9 Å². The summed E-state index contributed by atoms with van der Waals surface area (Å²) in [6.45, 7) is 6.74. The van der Waals surface area contributed by atoms with Gasteiger partial charge >= 0.3 is 11.9 Å². The van der Waals surface area contributed by atoms with Crippen molar-refractivity contribution >= 4 is 11.9 Å². The number of allylic oxidation sites excluding steroid dienone is 1. The van der Waals surface area contributed by atoms with Crippen molar-refractivity contribution in [2.45, 2.75) is 64.6 Å². The summed E-state index contributed by atoms with van der Waals surface area (Å²) in [4.78, 5) is 26.6. The van der Waals surface area contributed by atoms with Crippen molar-refractivity contribution in [3.05, 3.63) is 34.7 Å². The molecule has 5 aliphatic heterocycles. The lowest BCUT2D eigenvalue weighted by atomic mass is 9.85. The zero-order valence-corrected chi connectivity index (χ0v) is 18.0. The van der Waals surface area contributed by atoms with E-state index in [1.807, 2.05) is 6.92 Å². The monoisotopic (exact) mass is 415 g/mol. The van der Waals surface area contributed by atoms with Crippen LogP contribution in [0.3, 0.4) is 0 Å². The summed E-state index contributed by atoms with van der Waals surface area (Å²) in [5.74, 6) is 2.31. The molecule has 6 unspecified atom stereocenters. The summed E-state index contributed by atoms with van der Waals surface area (Å²) in [7, 11) is 1.55. The minimum atomic E-state index is -0.383. The van der Waals surface area contributed by atoms with Crippen molar-refractivity contribution in [3.8, 4) is 0 Å². The second kappa shape index (κ2) is 7.15. The Hall–Kier alpha value is -2.28. The number of rotatable bonds is 2. The van der Waals surface area contributed by atoms with E-state index in [1.54, 1.807) is 14.0 Å². The molecule has 3 fully saturated rings. The van der Waals surface area contributed by atoms with E-state index in [0.29, 0.717) is 28.9 Å². The molecule has 7 heteroatoms. The Labute approximate surface area is 176 Å². The molecule has 0 saturated carbocycles. The summed E-state index contributed by atoms with van der Waals surface area (Å²) in [6.07, 6.45) is 5.90. The predicted octanol–water partition coefficient (Wildman–Crippen LogP) is 3.03. The van der Waals surface area contributed by atoms with Gasteiger partial charge in [0.1, 0.15) is 11.9 Å². The predicted molar refractivity (Wildman–Crippen MR) is 106 cm³/mol. The number of ether oxygens (including phenoxy) is 4. The SMILES string of the molecule is COC1=C(C)C(=O)OC1=C1OC2=CCCN3C(C4CC(C)C(=O)O4)CCC3C2C1C. The molecule has 5 aliphatic rings. The van der Waals surface area contributed by atoms with Gasteiger partial charge in [-0.1, -0.05) is 13.8 Å². The van der Waals surface area contributed by atoms with Gasteiger partial charge in [0.05, 0.1) is 18.6 Å². The van der Waals surface area contributed by atoms with Gasteiger partial charge in [0.25, 0.3) is 0 Å². The van der Waals surface area contributed by atoms with Gasteiger partial charge in [-0.05, 0) is 38.7 Å². The molecule has 0 amide bonds. The third-order valence-electron chi connectivity index (χ3n) is 7.43. The van der Waals surface area contributed by atoms with E-state index in [1.165, 1.54) is 0 Å². The van der Waals surface area contributed by atoms with Crippen LogP contribution in [0.2, 0.25) is 0 Å². The molecule has 6 atom stereocenters. The van der Waals surface area contributed by atoms with Crippen molar-refractivity contribution in [2.75, 3.05) is 13.7 Å². The van der Waals surface area contributed by atoms with Gasteiger partial charge in [-0.25, -0.2) is 4.79 Å². The number of esters is 2. The van der Waals surface area contributed by atoms with Crippen LogP contribution in [0.15, 0.2) is 34.7 Å². The highest BCUT2D eigenvalue weighted by molar-refractivity contribution is 5.93.